The number of hydrogen-bond acceptors (Lipinski definition) is 4. The largest absolute Gasteiger partial charge is 0.504 e. The minimum Gasteiger partial charge on any atom is -0.504 e. The standard InChI is InChI=1S/C22H19FO4/c1-14-20(16-5-3-2-4-6-16)19(18(11-24)22(26)21(14)25)13-27-12-15-7-9-17(23)10-8-15/h2-11,25-26H,12-13H2,1H3. The van der Waals surface area contributed by atoms with Crippen LogP contribution in [0.2, 0.25) is 0 Å². The van der Waals surface area contributed by atoms with E-state index in [9.17, 15) is 19.4 Å². The first-order chi connectivity index (χ1) is 13.0. The van der Waals surface area contributed by atoms with Gasteiger partial charge in [0.25, 0.3) is 0 Å². The number of hydrogen-bond donors (Lipinski definition) is 2. The second-order valence-corrected chi connectivity index (χ2v) is 6.19. The summed E-state index contributed by atoms with van der Waals surface area (Å²) in [5.41, 5.74) is 3.18. The Labute approximate surface area is 156 Å². The van der Waals surface area contributed by atoms with Gasteiger partial charge >= 0.3 is 0 Å². The summed E-state index contributed by atoms with van der Waals surface area (Å²) < 4.78 is 18.7. The van der Waals surface area contributed by atoms with Gasteiger partial charge in [0.15, 0.2) is 17.8 Å². The summed E-state index contributed by atoms with van der Waals surface area (Å²) in [5, 5.41) is 20.4. The van der Waals surface area contributed by atoms with E-state index in [1.807, 2.05) is 30.3 Å². The molecule has 3 aromatic rings. The molecule has 0 aliphatic heterocycles. The van der Waals surface area contributed by atoms with Gasteiger partial charge in [0.05, 0.1) is 18.8 Å². The van der Waals surface area contributed by atoms with Crippen molar-refractivity contribution < 1.29 is 24.1 Å². The third-order valence-corrected chi connectivity index (χ3v) is 4.45. The summed E-state index contributed by atoms with van der Waals surface area (Å²) in [6, 6.07) is 15.2. The van der Waals surface area contributed by atoms with Gasteiger partial charge in [0, 0.05) is 11.1 Å². The van der Waals surface area contributed by atoms with Crippen molar-refractivity contribution >= 4 is 6.29 Å². The van der Waals surface area contributed by atoms with Crippen molar-refractivity contribution in [3.05, 3.63) is 82.7 Å². The maximum atomic E-state index is 13.0. The monoisotopic (exact) mass is 366 g/mol. The van der Waals surface area contributed by atoms with Crippen LogP contribution >= 0.6 is 0 Å². The summed E-state index contributed by atoms with van der Waals surface area (Å²) in [7, 11) is 0. The highest BCUT2D eigenvalue weighted by atomic mass is 19.1. The lowest BCUT2D eigenvalue weighted by Gasteiger charge is -2.18. The number of rotatable bonds is 6. The zero-order valence-corrected chi connectivity index (χ0v) is 14.8. The molecule has 0 saturated heterocycles. The summed E-state index contributed by atoms with van der Waals surface area (Å²) in [6.45, 7) is 1.94. The second-order valence-electron chi connectivity index (χ2n) is 6.19. The van der Waals surface area contributed by atoms with Crippen LogP contribution in [-0.4, -0.2) is 16.5 Å². The Bertz CT molecular complexity index is 951. The molecule has 3 rings (SSSR count). The van der Waals surface area contributed by atoms with Crippen molar-refractivity contribution in [2.24, 2.45) is 0 Å². The SMILES string of the molecule is Cc1c(O)c(O)c(C=O)c(COCc2ccc(F)cc2)c1-c1ccccc1. The quantitative estimate of drug-likeness (QED) is 0.488. The van der Waals surface area contributed by atoms with Gasteiger partial charge in [-0.3, -0.25) is 4.79 Å². The number of halogens is 1. The van der Waals surface area contributed by atoms with Crippen LogP contribution in [0.15, 0.2) is 54.6 Å². The molecular formula is C22H19FO4. The Balaban J connectivity index is 1.99. The first kappa shape index (κ1) is 18.6. The molecule has 3 aromatic carbocycles. The van der Waals surface area contributed by atoms with E-state index in [0.29, 0.717) is 23.0 Å². The molecule has 5 heteroatoms. The van der Waals surface area contributed by atoms with Gasteiger partial charge in [-0.15, -0.1) is 0 Å². The van der Waals surface area contributed by atoms with Gasteiger partial charge in [-0.25, -0.2) is 4.39 Å². The van der Waals surface area contributed by atoms with Crippen molar-refractivity contribution in [2.45, 2.75) is 20.1 Å². The molecule has 0 atom stereocenters. The highest BCUT2D eigenvalue weighted by Gasteiger charge is 2.22. The zero-order chi connectivity index (χ0) is 19.4. The van der Waals surface area contributed by atoms with Gasteiger partial charge in [0.2, 0.25) is 0 Å². The van der Waals surface area contributed by atoms with E-state index in [1.165, 1.54) is 12.1 Å². The molecule has 0 fully saturated rings. The van der Waals surface area contributed by atoms with Gasteiger partial charge in [-0.2, -0.15) is 0 Å². The first-order valence-electron chi connectivity index (χ1n) is 8.43. The third kappa shape index (κ3) is 3.83. The van der Waals surface area contributed by atoms with Crippen LogP contribution in [0.3, 0.4) is 0 Å². The molecule has 2 N–H and O–H groups in total. The normalized spacial score (nSPS) is 10.7. The van der Waals surface area contributed by atoms with Crippen LogP contribution in [0.5, 0.6) is 11.5 Å². The molecule has 0 saturated carbocycles. The molecule has 0 aliphatic carbocycles. The average molecular weight is 366 g/mol. The highest BCUT2D eigenvalue weighted by Crippen LogP contribution is 2.42. The fraction of sp³-hybridized carbons (Fsp3) is 0.136. The highest BCUT2D eigenvalue weighted by molar-refractivity contribution is 5.90. The Morgan fingerprint density at radius 2 is 1.63 bits per heavy atom. The minimum absolute atomic E-state index is 0.00365. The van der Waals surface area contributed by atoms with Crippen molar-refractivity contribution in [2.75, 3.05) is 0 Å². The number of benzene rings is 3. The summed E-state index contributed by atoms with van der Waals surface area (Å²) >= 11 is 0. The fourth-order valence-corrected chi connectivity index (χ4v) is 3.05. The lowest BCUT2D eigenvalue weighted by molar-refractivity contribution is 0.103. The lowest BCUT2D eigenvalue weighted by Crippen LogP contribution is -2.04. The van der Waals surface area contributed by atoms with Crippen LogP contribution in [0.4, 0.5) is 4.39 Å². The van der Waals surface area contributed by atoms with Gasteiger partial charge in [-0.1, -0.05) is 42.5 Å². The van der Waals surface area contributed by atoms with E-state index in [4.69, 9.17) is 4.74 Å². The molecule has 0 radical (unpaired) electrons. The molecule has 0 bridgehead atoms. The molecule has 0 unspecified atom stereocenters. The number of carbonyl (C=O) groups is 1. The Morgan fingerprint density at radius 3 is 2.26 bits per heavy atom. The van der Waals surface area contributed by atoms with Gasteiger partial charge < -0.3 is 14.9 Å². The van der Waals surface area contributed by atoms with E-state index < -0.39 is 5.75 Å². The van der Waals surface area contributed by atoms with E-state index in [1.54, 1.807) is 19.1 Å². The summed E-state index contributed by atoms with van der Waals surface area (Å²) in [4.78, 5) is 11.6. The number of carbonyl (C=O) groups excluding carboxylic acids is 1. The Kier molecular flexibility index (Phi) is 5.52. The van der Waals surface area contributed by atoms with Crippen LogP contribution in [-0.2, 0) is 18.0 Å². The van der Waals surface area contributed by atoms with Crippen LogP contribution in [0.1, 0.15) is 27.0 Å². The van der Waals surface area contributed by atoms with E-state index in [2.05, 4.69) is 0 Å². The van der Waals surface area contributed by atoms with E-state index >= 15 is 0 Å². The average Bonchev–Trinajstić information content (AvgIpc) is 2.69. The van der Waals surface area contributed by atoms with Crippen LogP contribution in [0.25, 0.3) is 11.1 Å². The van der Waals surface area contributed by atoms with Crippen molar-refractivity contribution in [1.29, 1.82) is 0 Å². The minimum atomic E-state index is -0.456. The molecule has 0 aromatic heterocycles. The topological polar surface area (TPSA) is 66.8 Å². The van der Waals surface area contributed by atoms with Crippen LogP contribution < -0.4 is 0 Å². The first-order valence-corrected chi connectivity index (χ1v) is 8.43. The van der Waals surface area contributed by atoms with E-state index in [0.717, 1.165) is 11.1 Å². The summed E-state index contributed by atoms with van der Waals surface area (Å²) in [6.07, 6.45) is 0.511. The fourth-order valence-electron chi connectivity index (χ4n) is 3.05. The molecule has 0 amide bonds. The van der Waals surface area contributed by atoms with Crippen molar-refractivity contribution in [3.63, 3.8) is 0 Å². The summed E-state index contributed by atoms with van der Waals surface area (Å²) in [5.74, 6) is -1.10. The number of ether oxygens (including phenoxy) is 1. The molecule has 0 spiro atoms. The molecule has 0 heterocycles. The predicted molar refractivity (Wildman–Crippen MR) is 100 cm³/mol. The van der Waals surface area contributed by atoms with Crippen molar-refractivity contribution in [3.8, 4) is 22.6 Å². The maximum absolute atomic E-state index is 13.0. The molecule has 4 nitrogen and oxygen atoms in total. The van der Waals surface area contributed by atoms with Gasteiger partial charge in [0.1, 0.15) is 5.82 Å². The van der Waals surface area contributed by atoms with E-state index in [-0.39, 0.29) is 30.3 Å². The smallest absolute Gasteiger partial charge is 0.168 e. The number of aldehydes is 1. The number of phenols is 2. The predicted octanol–water partition coefficient (Wildman–Crippen LogP) is 4.74. The van der Waals surface area contributed by atoms with Crippen molar-refractivity contribution in [1.82, 2.24) is 0 Å². The zero-order valence-electron chi connectivity index (χ0n) is 14.8. The van der Waals surface area contributed by atoms with Crippen LogP contribution in [0, 0.1) is 12.7 Å². The molecule has 27 heavy (non-hydrogen) atoms. The molecule has 138 valence electrons. The second kappa shape index (κ2) is 8.01. The Morgan fingerprint density at radius 1 is 0.963 bits per heavy atom. The number of phenolic OH excluding ortho intramolecular Hbond substituents is 2. The molecular weight excluding hydrogens is 347 g/mol. The maximum Gasteiger partial charge on any atom is 0.168 e. The molecule has 0 aliphatic rings. The van der Waals surface area contributed by atoms with Gasteiger partial charge in [-0.05, 0) is 35.7 Å². The third-order valence-electron chi connectivity index (χ3n) is 4.45. The lowest BCUT2D eigenvalue weighted by atomic mass is 9.90. The Hall–Kier alpha value is -3.18. The number of aromatic hydroxyl groups is 2.